The second kappa shape index (κ2) is 8.16. The van der Waals surface area contributed by atoms with Crippen LogP contribution >= 0.6 is 0 Å². The van der Waals surface area contributed by atoms with Gasteiger partial charge in [-0.2, -0.15) is 0 Å². The zero-order chi connectivity index (χ0) is 15.0. The van der Waals surface area contributed by atoms with E-state index >= 15 is 0 Å². The van der Waals surface area contributed by atoms with E-state index in [0.717, 1.165) is 18.8 Å². The molecule has 0 unspecified atom stereocenters. The fraction of sp³-hybridized carbons (Fsp3) is 0.474. The standard InChI is InChI=1S/C19H26N2O/c1-2-7-17(8-3-1)9-4-12-21-13-5-10-18(16-21)20-15-19-11-6-14-22-19/h1-3,6-8,11,14,18,20H,4-5,9-10,12-13,15-16H2/t18-/m0/s1. The Balaban J connectivity index is 1.37. The van der Waals surface area contributed by atoms with E-state index in [1.807, 2.05) is 12.1 Å². The molecular weight excluding hydrogens is 272 g/mol. The first-order valence-corrected chi connectivity index (χ1v) is 8.42. The van der Waals surface area contributed by atoms with Gasteiger partial charge in [0.25, 0.3) is 0 Å². The number of aryl methyl sites for hydroxylation is 1. The molecule has 2 aromatic rings. The molecule has 1 atom stereocenters. The molecule has 0 saturated carbocycles. The van der Waals surface area contributed by atoms with Crippen LogP contribution in [0.4, 0.5) is 0 Å². The Labute approximate surface area is 133 Å². The van der Waals surface area contributed by atoms with E-state index in [1.165, 1.54) is 44.3 Å². The molecule has 0 bridgehead atoms. The predicted octanol–water partition coefficient (Wildman–Crippen LogP) is 3.47. The molecule has 1 aliphatic heterocycles. The van der Waals surface area contributed by atoms with Gasteiger partial charge < -0.3 is 14.6 Å². The van der Waals surface area contributed by atoms with Crippen LogP contribution in [-0.4, -0.2) is 30.6 Å². The third kappa shape index (κ3) is 4.72. The molecule has 0 amide bonds. The minimum atomic E-state index is 0.593. The lowest BCUT2D eigenvalue weighted by Gasteiger charge is -2.33. The molecule has 3 heteroatoms. The molecule has 0 aliphatic carbocycles. The Morgan fingerprint density at radius 2 is 2.05 bits per heavy atom. The topological polar surface area (TPSA) is 28.4 Å². The number of nitrogens with one attached hydrogen (secondary N) is 1. The maximum absolute atomic E-state index is 5.39. The van der Waals surface area contributed by atoms with Crippen LogP contribution < -0.4 is 5.32 Å². The van der Waals surface area contributed by atoms with Gasteiger partial charge in [-0.15, -0.1) is 0 Å². The fourth-order valence-corrected chi connectivity index (χ4v) is 3.23. The highest BCUT2D eigenvalue weighted by Crippen LogP contribution is 2.12. The molecule has 1 aromatic heterocycles. The van der Waals surface area contributed by atoms with Crippen LogP contribution in [0.3, 0.4) is 0 Å². The summed E-state index contributed by atoms with van der Waals surface area (Å²) >= 11 is 0. The largest absolute Gasteiger partial charge is 0.468 e. The molecule has 3 nitrogen and oxygen atoms in total. The van der Waals surface area contributed by atoms with Crippen molar-refractivity contribution in [3.05, 3.63) is 60.1 Å². The smallest absolute Gasteiger partial charge is 0.117 e. The summed E-state index contributed by atoms with van der Waals surface area (Å²) in [7, 11) is 0. The average Bonchev–Trinajstić information content (AvgIpc) is 3.08. The Hall–Kier alpha value is -1.58. The molecule has 1 saturated heterocycles. The van der Waals surface area contributed by atoms with Crippen LogP contribution in [0.2, 0.25) is 0 Å². The first-order chi connectivity index (χ1) is 10.9. The highest BCUT2D eigenvalue weighted by molar-refractivity contribution is 5.14. The van der Waals surface area contributed by atoms with E-state index in [2.05, 4.69) is 40.5 Å². The van der Waals surface area contributed by atoms with Crippen LogP contribution in [0.5, 0.6) is 0 Å². The number of rotatable bonds is 7. The lowest BCUT2D eigenvalue weighted by Crippen LogP contribution is -2.45. The molecule has 22 heavy (non-hydrogen) atoms. The molecule has 1 N–H and O–H groups in total. The van der Waals surface area contributed by atoms with E-state index < -0.39 is 0 Å². The predicted molar refractivity (Wildman–Crippen MR) is 89.8 cm³/mol. The monoisotopic (exact) mass is 298 g/mol. The number of furan rings is 1. The number of likely N-dealkylation sites (tertiary alicyclic amines) is 1. The van der Waals surface area contributed by atoms with Crippen LogP contribution in [0.25, 0.3) is 0 Å². The molecule has 0 spiro atoms. The molecule has 3 rings (SSSR count). The van der Waals surface area contributed by atoms with Crippen molar-refractivity contribution in [2.45, 2.75) is 38.3 Å². The van der Waals surface area contributed by atoms with E-state index in [-0.39, 0.29) is 0 Å². The molecule has 2 heterocycles. The van der Waals surface area contributed by atoms with E-state index in [1.54, 1.807) is 6.26 Å². The SMILES string of the molecule is c1ccc(CCCN2CCC[C@H](NCc3ccco3)C2)cc1. The zero-order valence-corrected chi connectivity index (χ0v) is 13.2. The summed E-state index contributed by atoms with van der Waals surface area (Å²) < 4.78 is 5.39. The van der Waals surface area contributed by atoms with Gasteiger partial charge in [-0.1, -0.05) is 30.3 Å². The number of benzene rings is 1. The summed E-state index contributed by atoms with van der Waals surface area (Å²) in [5.74, 6) is 1.03. The van der Waals surface area contributed by atoms with Crippen molar-refractivity contribution in [1.82, 2.24) is 10.2 Å². The summed E-state index contributed by atoms with van der Waals surface area (Å²) in [4.78, 5) is 2.60. The highest BCUT2D eigenvalue weighted by atomic mass is 16.3. The van der Waals surface area contributed by atoms with Crippen molar-refractivity contribution in [2.24, 2.45) is 0 Å². The second-order valence-corrected chi connectivity index (χ2v) is 6.19. The van der Waals surface area contributed by atoms with Crippen molar-refractivity contribution in [3.63, 3.8) is 0 Å². The lowest BCUT2D eigenvalue weighted by atomic mass is 10.0. The van der Waals surface area contributed by atoms with E-state index in [4.69, 9.17) is 4.42 Å². The van der Waals surface area contributed by atoms with Gasteiger partial charge in [-0.25, -0.2) is 0 Å². The Morgan fingerprint density at radius 1 is 1.14 bits per heavy atom. The van der Waals surface area contributed by atoms with E-state index in [0.29, 0.717) is 6.04 Å². The molecule has 0 radical (unpaired) electrons. The summed E-state index contributed by atoms with van der Waals surface area (Å²) in [6.07, 6.45) is 6.74. The number of piperidine rings is 1. The average molecular weight is 298 g/mol. The third-order valence-corrected chi connectivity index (χ3v) is 4.43. The van der Waals surface area contributed by atoms with Gasteiger partial charge in [0.15, 0.2) is 0 Å². The summed E-state index contributed by atoms with van der Waals surface area (Å²) in [5.41, 5.74) is 1.45. The molecular formula is C19H26N2O. The van der Waals surface area contributed by atoms with Gasteiger partial charge in [0.2, 0.25) is 0 Å². The van der Waals surface area contributed by atoms with Gasteiger partial charge in [0.1, 0.15) is 5.76 Å². The van der Waals surface area contributed by atoms with Crippen molar-refractivity contribution in [3.8, 4) is 0 Å². The zero-order valence-electron chi connectivity index (χ0n) is 13.2. The third-order valence-electron chi connectivity index (χ3n) is 4.43. The summed E-state index contributed by atoms with van der Waals surface area (Å²) in [6, 6.07) is 15.4. The first kappa shape index (κ1) is 15.3. The first-order valence-electron chi connectivity index (χ1n) is 8.42. The number of hydrogen-bond donors (Lipinski definition) is 1. The van der Waals surface area contributed by atoms with Crippen molar-refractivity contribution >= 4 is 0 Å². The lowest BCUT2D eigenvalue weighted by molar-refractivity contribution is 0.186. The van der Waals surface area contributed by atoms with Gasteiger partial charge >= 0.3 is 0 Å². The summed E-state index contributed by atoms with van der Waals surface area (Å²) in [5, 5.41) is 3.63. The fourth-order valence-electron chi connectivity index (χ4n) is 3.23. The van der Waals surface area contributed by atoms with Gasteiger partial charge in [-0.3, -0.25) is 0 Å². The van der Waals surface area contributed by atoms with E-state index in [9.17, 15) is 0 Å². The van der Waals surface area contributed by atoms with Gasteiger partial charge in [0, 0.05) is 12.6 Å². The minimum Gasteiger partial charge on any atom is -0.468 e. The van der Waals surface area contributed by atoms with Gasteiger partial charge in [-0.05, 0) is 56.5 Å². The quantitative estimate of drug-likeness (QED) is 0.848. The van der Waals surface area contributed by atoms with Crippen LogP contribution in [-0.2, 0) is 13.0 Å². The van der Waals surface area contributed by atoms with Crippen molar-refractivity contribution in [1.29, 1.82) is 0 Å². The minimum absolute atomic E-state index is 0.593. The van der Waals surface area contributed by atoms with Crippen molar-refractivity contribution < 1.29 is 4.42 Å². The number of hydrogen-bond acceptors (Lipinski definition) is 3. The Bertz CT molecular complexity index is 524. The molecule has 1 aromatic carbocycles. The Morgan fingerprint density at radius 3 is 2.86 bits per heavy atom. The highest BCUT2D eigenvalue weighted by Gasteiger charge is 2.19. The van der Waals surface area contributed by atoms with Crippen LogP contribution in [0, 0.1) is 0 Å². The van der Waals surface area contributed by atoms with Gasteiger partial charge in [0.05, 0.1) is 12.8 Å². The maximum atomic E-state index is 5.39. The number of nitrogens with zero attached hydrogens (tertiary/aromatic N) is 1. The van der Waals surface area contributed by atoms with Crippen molar-refractivity contribution in [2.75, 3.05) is 19.6 Å². The second-order valence-electron chi connectivity index (χ2n) is 6.19. The molecule has 118 valence electrons. The molecule has 1 fully saturated rings. The Kier molecular flexibility index (Phi) is 5.68. The summed E-state index contributed by atoms with van der Waals surface area (Å²) in [6.45, 7) is 4.45. The maximum Gasteiger partial charge on any atom is 0.117 e. The normalized spacial score (nSPS) is 19.4. The van der Waals surface area contributed by atoms with Crippen LogP contribution in [0.1, 0.15) is 30.6 Å². The molecule has 1 aliphatic rings. The van der Waals surface area contributed by atoms with Crippen LogP contribution in [0.15, 0.2) is 53.1 Å².